The number of carbonyl (C=O) groups is 2. The van der Waals surface area contributed by atoms with Crippen LogP contribution in [0.1, 0.15) is 16.1 Å². The van der Waals surface area contributed by atoms with Gasteiger partial charge in [0.2, 0.25) is 0 Å². The lowest BCUT2D eigenvalue weighted by Crippen LogP contribution is -2.48. The van der Waals surface area contributed by atoms with Crippen molar-refractivity contribution in [1.82, 2.24) is 9.88 Å². The SMILES string of the molecule is Cc1nc(-c2ccsc2)ccc1C(=O)N1CCO[C@H](C(=O)O)C1. The van der Waals surface area contributed by atoms with Crippen molar-refractivity contribution in [3.8, 4) is 11.3 Å². The van der Waals surface area contributed by atoms with Crippen molar-refractivity contribution in [3.63, 3.8) is 0 Å². The maximum absolute atomic E-state index is 12.6. The number of carbonyl (C=O) groups excluding carboxylic acids is 1. The molecule has 7 heteroatoms. The molecule has 1 amide bonds. The van der Waals surface area contributed by atoms with Crippen LogP contribution in [-0.2, 0) is 9.53 Å². The van der Waals surface area contributed by atoms with E-state index in [0.717, 1.165) is 11.3 Å². The highest BCUT2D eigenvalue weighted by Crippen LogP contribution is 2.22. The van der Waals surface area contributed by atoms with Gasteiger partial charge in [-0.2, -0.15) is 11.3 Å². The van der Waals surface area contributed by atoms with Gasteiger partial charge in [-0.3, -0.25) is 9.78 Å². The van der Waals surface area contributed by atoms with Crippen LogP contribution in [0.4, 0.5) is 0 Å². The van der Waals surface area contributed by atoms with Gasteiger partial charge < -0.3 is 14.7 Å². The second kappa shape index (κ2) is 6.47. The molecular formula is C16H16N2O4S. The molecule has 1 aliphatic rings. The van der Waals surface area contributed by atoms with Gasteiger partial charge in [-0.15, -0.1) is 0 Å². The van der Waals surface area contributed by atoms with Crippen LogP contribution in [0.5, 0.6) is 0 Å². The van der Waals surface area contributed by atoms with Crippen molar-refractivity contribution in [2.75, 3.05) is 19.7 Å². The molecule has 120 valence electrons. The zero-order chi connectivity index (χ0) is 16.4. The maximum atomic E-state index is 12.6. The van der Waals surface area contributed by atoms with E-state index in [1.807, 2.05) is 22.9 Å². The number of amides is 1. The molecular weight excluding hydrogens is 316 g/mol. The number of rotatable bonds is 3. The smallest absolute Gasteiger partial charge is 0.334 e. The fraction of sp³-hybridized carbons (Fsp3) is 0.312. The van der Waals surface area contributed by atoms with Crippen LogP contribution in [0.3, 0.4) is 0 Å². The van der Waals surface area contributed by atoms with Gasteiger partial charge in [-0.25, -0.2) is 4.79 Å². The predicted molar refractivity (Wildman–Crippen MR) is 85.6 cm³/mol. The van der Waals surface area contributed by atoms with Crippen LogP contribution in [0, 0.1) is 6.92 Å². The molecule has 0 saturated carbocycles. The van der Waals surface area contributed by atoms with E-state index in [4.69, 9.17) is 9.84 Å². The third-order valence-electron chi connectivity index (χ3n) is 3.76. The molecule has 0 bridgehead atoms. The van der Waals surface area contributed by atoms with Gasteiger partial charge in [0.05, 0.1) is 30.1 Å². The van der Waals surface area contributed by atoms with Gasteiger partial charge in [0, 0.05) is 17.5 Å². The molecule has 1 fully saturated rings. The molecule has 2 aromatic rings. The third kappa shape index (κ3) is 3.25. The lowest BCUT2D eigenvalue weighted by atomic mass is 10.1. The number of pyridine rings is 1. The number of carboxylic acid groups (broad SMARTS) is 1. The Morgan fingerprint density at radius 1 is 1.39 bits per heavy atom. The van der Waals surface area contributed by atoms with E-state index in [1.54, 1.807) is 24.3 Å². The fourth-order valence-corrected chi connectivity index (χ4v) is 3.16. The van der Waals surface area contributed by atoms with Gasteiger partial charge >= 0.3 is 5.97 Å². The van der Waals surface area contributed by atoms with Gasteiger partial charge in [-0.1, -0.05) is 0 Å². The van der Waals surface area contributed by atoms with E-state index >= 15 is 0 Å². The Balaban J connectivity index is 1.81. The Bertz CT molecular complexity index is 730. The number of thiophene rings is 1. The van der Waals surface area contributed by atoms with Crippen molar-refractivity contribution in [2.45, 2.75) is 13.0 Å². The number of aliphatic carboxylic acids is 1. The number of aryl methyl sites for hydroxylation is 1. The van der Waals surface area contributed by atoms with Crippen LogP contribution < -0.4 is 0 Å². The first-order valence-electron chi connectivity index (χ1n) is 7.20. The summed E-state index contributed by atoms with van der Waals surface area (Å²) in [4.78, 5) is 29.7. The molecule has 2 aromatic heterocycles. The predicted octanol–water partition coefficient (Wildman–Crippen LogP) is 2.04. The summed E-state index contributed by atoms with van der Waals surface area (Å²) in [7, 11) is 0. The standard InChI is InChI=1S/C16H16N2O4S/c1-10-12(2-3-13(17-10)11-4-7-23-9-11)15(19)18-5-6-22-14(8-18)16(20)21/h2-4,7,9,14H,5-6,8H2,1H3,(H,20,21)/t14-/m0/s1. The monoisotopic (exact) mass is 332 g/mol. The van der Waals surface area contributed by atoms with Gasteiger partial charge in [0.25, 0.3) is 5.91 Å². The van der Waals surface area contributed by atoms with Crippen LogP contribution in [0.2, 0.25) is 0 Å². The van der Waals surface area contributed by atoms with Crippen LogP contribution in [0.25, 0.3) is 11.3 Å². The highest BCUT2D eigenvalue weighted by Gasteiger charge is 2.30. The Labute approximate surface area is 137 Å². The fourth-order valence-electron chi connectivity index (χ4n) is 2.51. The van der Waals surface area contributed by atoms with E-state index < -0.39 is 12.1 Å². The van der Waals surface area contributed by atoms with E-state index in [0.29, 0.717) is 17.8 Å². The number of aromatic nitrogens is 1. The average molecular weight is 332 g/mol. The lowest BCUT2D eigenvalue weighted by molar-refractivity contribution is -0.154. The number of hydrogen-bond donors (Lipinski definition) is 1. The first-order chi connectivity index (χ1) is 11.1. The van der Waals surface area contributed by atoms with Crippen LogP contribution >= 0.6 is 11.3 Å². The zero-order valence-corrected chi connectivity index (χ0v) is 13.4. The summed E-state index contributed by atoms with van der Waals surface area (Å²) in [6.45, 7) is 2.45. The highest BCUT2D eigenvalue weighted by molar-refractivity contribution is 7.08. The Morgan fingerprint density at radius 2 is 2.22 bits per heavy atom. The molecule has 0 spiro atoms. The summed E-state index contributed by atoms with van der Waals surface area (Å²) in [5.41, 5.74) is 2.98. The van der Waals surface area contributed by atoms with Crippen molar-refractivity contribution in [1.29, 1.82) is 0 Å². The number of hydrogen-bond acceptors (Lipinski definition) is 5. The normalized spacial score (nSPS) is 18.0. The first kappa shape index (κ1) is 15.6. The second-order valence-electron chi connectivity index (χ2n) is 5.29. The van der Waals surface area contributed by atoms with Crippen molar-refractivity contribution >= 4 is 23.2 Å². The van der Waals surface area contributed by atoms with Gasteiger partial charge in [0.1, 0.15) is 0 Å². The summed E-state index contributed by atoms with van der Waals surface area (Å²) in [6.07, 6.45) is -0.967. The van der Waals surface area contributed by atoms with Crippen LogP contribution in [0.15, 0.2) is 29.0 Å². The number of nitrogens with zero attached hydrogens (tertiary/aromatic N) is 2. The molecule has 1 atom stereocenters. The zero-order valence-electron chi connectivity index (χ0n) is 12.6. The molecule has 0 aliphatic carbocycles. The Kier molecular flexibility index (Phi) is 4.40. The molecule has 0 aromatic carbocycles. The third-order valence-corrected chi connectivity index (χ3v) is 4.45. The van der Waals surface area contributed by atoms with E-state index in [2.05, 4.69) is 4.98 Å². The summed E-state index contributed by atoms with van der Waals surface area (Å²) in [6, 6.07) is 5.55. The minimum absolute atomic E-state index is 0.0554. The number of carboxylic acids is 1. The molecule has 0 unspecified atom stereocenters. The summed E-state index contributed by atoms with van der Waals surface area (Å²) in [5, 5.41) is 13.0. The summed E-state index contributed by atoms with van der Waals surface area (Å²) >= 11 is 1.59. The first-order valence-corrected chi connectivity index (χ1v) is 8.14. The minimum Gasteiger partial charge on any atom is -0.479 e. The minimum atomic E-state index is -1.05. The molecule has 1 N–H and O–H groups in total. The topological polar surface area (TPSA) is 79.7 Å². The summed E-state index contributed by atoms with van der Waals surface area (Å²) in [5.74, 6) is -1.26. The van der Waals surface area contributed by atoms with Crippen molar-refractivity contribution < 1.29 is 19.4 Å². The lowest BCUT2D eigenvalue weighted by Gasteiger charge is -2.31. The Morgan fingerprint density at radius 3 is 2.87 bits per heavy atom. The number of ether oxygens (including phenoxy) is 1. The van der Waals surface area contributed by atoms with E-state index in [9.17, 15) is 9.59 Å². The maximum Gasteiger partial charge on any atom is 0.334 e. The molecule has 3 heterocycles. The van der Waals surface area contributed by atoms with E-state index in [-0.39, 0.29) is 19.1 Å². The molecule has 23 heavy (non-hydrogen) atoms. The largest absolute Gasteiger partial charge is 0.479 e. The summed E-state index contributed by atoms with van der Waals surface area (Å²) < 4.78 is 5.15. The van der Waals surface area contributed by atoms with Gasteiger partial charge in [-0.05, 0) is 30.5 Å². The average Bonchev–Trinajstić information content (AvgIpc) is 3.08. The molecule has 3 rings (SSSR count). The van der Waals surface area contributed by atoms with Gasteiger partial charge in [0.15, 0.2) is 6.10 Å². The second-order valence-corrected chi connectivity index (χ2v) is 6.07. The highest BCUT2D eigenvalue weighted by atomic mass is 32.1. The van der Waals surface area contributed by atoms with Crippen molar-refractivity contribution in [3.05, 3.63) is 40.2 Å². The molecule has 0 radical (unpaired) electrons. The quantitative estimate of drug-likeness (QED) is 0.930. The molecule has 6 nitrogen and oxygen atoms in total. The van der Waals surface area contributed by atoms with Crippen LogP contribution in [-0.4, -0.2) is 52.7 Å². The molecule has 1 saturated heterocycles. The number of morpholine rings is 1. The van der Waals surface area contributed by atoms with E-state index in [1.165, 1.54) is 4.90 Å². The Hall–Kier alpha value is -2.25. The van der Waals surface area contributed by atoms with Crippen molar-refractivity contribution in [2.24, 2.45) is 0 Å². The molecule has 1 aliphatic heterocycles.